The molecule has 0 heterocycles. The summed E-state index contributed by atoms with van der Waals surface area (Å²) in [5.74, 6) is -0.293. The molecular weight excluding hydrogens is 448 g/mol. The molecule has 0 aliphatic rings. The number of sulfonamides is 1. The molecule has 1 unspecified atom stereocenters. The van der Waals surface area contributed by atoms with Gasteiger partial charge in [0.2, 0.25) is 10.0 Å². The van der Waals surface area contributed by atoms with Crippen molar-refractivity contribution in [3.05, 3.63) is 114 Å². The zero-order valence-corrected chi connectivity index (χ0v) is 19.3. The topological polar surface area (TPSA) is 95.5 Å². The van der Waals surface area contributed by atoms with Crippen LogP contribution in [-0.2, 0) is 23.0 Å². The number of carbonyl (C=O) groups excluding carboxylic acids is 1. The average Bonchev–Trinajstić information content (AvgIpc) is 2.87. The number of hydrogen-bond donors (Lipinski definition) is 3. The Kier molecular flexibility index (Phi) is 7.37. The molecule has 0 bridgehead atoms. The maximum atomic E-state index is 12.7. The van der Waals surface area contributed by atoms with Crippen molar-refractivity contribution in [3.8, 4) is 0 Å². The molecule has 1 amide bonds. The molecule has 0 aliphatic carbocycles. The van der Waals surface area contributed by atoms with Crippen molar-refractivity contribution >= 4 is 26.7 Å². The molecule has 4 rings (SSSR count). The number of benzene rings is 4. The van der Waals surface area contributed by atoms with Crippen LogP contribution in [0, 0.1) is 0 Å². The van der Waals surface area contributed by atoms with Gasteiger partial charge in [-0.3, -0.25) is 4.79 Å². The molecule has 0 saturated heterocycles. The van der Waals surface area contributed by atoms with Gasteiger partial charge in [0.15, 0.2) is 0 Å². The second-order valence-electron chi connectivity index (χ2n) is 8.07. The summed E-state index contributed by atoms with van der Waals surface area (Å²) in [6, 6.07) is 28.6. The summed E-state index contributed by atoms with van der Waals surface area (Å²) in [7, 11) is -3.68. The molecule has 0 saturated carbocycles. The number of hydrogen-bond acceptors (Lipinski definition) is 4. The van der Waals surface area contributed by atoms with Crippen LogP contribution < -0.4 is 10.0 Å². The van der Waals surface area contributed by atoms with Gasteiger partial charge >= 0.3 is 0 Å². The Bertz CT molecular complexity index is 1370. The first-order chi connectivity index (χ1) is 16.4. The van der Waals surface area contributed by atoms with Crippen LogP contribution in [0.5, 0.6) is 0 Å². The Labute approximate surface area is 199 Å². The maximum Gasteiger partial charge on any atom is 0.251 e. The zero-order chi connectivity index (χ0) is 24.0. The number of carbonyl (C=O) groups is 1. The summed E-state index contributed by atoms with van der Waals surface area (Å²) >= 11 is 0. The fourth-order valence-corrected chi connectivity index (χ4v) is 4.75. The standard InChI is InChI=1S/C27H26N2O4S/c30-19-25(16-20-6-2-1-3-7-20)29-27(31)23-12-10-21(11-13-23)18-28-34(32,33)26-15-14-22-8-4-5-9-24(22)17-26/h1-15,17,25,28,30H,16,18-19H2,(H,29,31). The van der Waals surface area contributed by atoms with E-state index >= 15 is 0 Å². The number of aliphatic hydroxyl groups is 1. The molecular formula is C27H26N2O4S. The van der Waals surface area contributed by atoms with E-state index < -0.39 is 16.1 Å². The van der Waals surface area contributed by atoms with E-state index in [9.17, 15) is 18.3 Å². The fourth-order valence-electron chi connectivity index (χ4n) is 3.70. The molecule has 0 radical (unpaired) electrons. The third-order valence-corrected chi connectivity index (χ3v) is 6.99. The van der Waals surface area contributed by atoms with Gasteiger partial charge in [0.05, 0.1) is 17.5 Å². The fraction of sp³-hybridized carbons (Fsp3) is 0.148. The van der Waals surface area contributed by atoms with Gasteiger partial charge in [-0.25, -0.2) is 13.1 Å². The van der Waals surface area contributed by atoms with Crippen LogP contribution in [0.25, 0.3) is 10.8 Å². The van der Waals surface area contributed by atoms with Gasteiger partial charge in [0.1, 0.15) is 0 Å². The third-order valence-electron chi connectivity index (χ3n) is 5.59. The highest BCUT2D eigenvalue weighted by Crippen LogP contribution is 2.19. The molecule has 3 N–H and O–H groups in total. The highest BCUT2D eigenvalue weighted by molar-refractivity contribution is 7.89. The van der Waals surface area contributed by atoms with E-state index in [1.54, 1.807) is 42.5 Å². The second-order valence-corrected chi connectivity index (χ2v) is 9.84. The first-order valence-corrected chi connectivity index (χ1v) is 12.5. The van der Waals surface area contributed by atoms with Gasteiger partial charge in [0, 0.05) is 12.1 Å². The van der Waals surface area contributed by atoms with Gasteiger partial charge in [-0.15, -0.1) is 0 Å². The molecule has 6 nitrogen and oxygen atoms in total. The lowest BCUT2D eigenvalue weighted by Crippen LogP contribution is -2.39. The normalized spacial score (nSPS) is 12.4. The molecule has 0 spiro atoms. The zero-order valence-electron chi connectivity index (χ0n) is 18.5. The lowest BCUT2D eigenvalue weighted by Gasteiger charge is -2.16. The molecule has 1 atom stereocenters. The number of fused-ring (bicyclic) bond motifs is 1. The summed E-state index contributed by atoms with van der Waals surface area (Å²) in [5, 5.41) is 14.3. The molecule has 0 aliphatic heterocycles. The Morgan fingerprint density at radius 3 is 2.18 bits per heavy atom. The number of rotatable bonds is 9. The smallest absolute Gasteiger partial charge is 0.251 e. The summed E-state index contributed by atoms with van der Waals surface area (Å²) in [5.41, 5.74) is 2.19. The predicted octanol–water partition coefficient (Wildman–Crippen LogP) is 3.65. The van der Waals surface area contributed by atoms with Gasteiger partial charge < -0.3 is 10.4 Å². The van der Waals surface area contributed by atoms with Crippen molar-refractivity contribution in [2.45, 2.75) is 23.9 Å². The third kappa shape index (κ3) is 5.88. The van der Waals surface area contributed by atoms with Crippen molar-refractivity contribution in [1.29, 1.82) is 0 Å². The highest BCUT2D eigenvalue weighted by atomic mass is 32.2. The van der Waals surface area contributed by atoms with Crippen LogP contribution in [0.2, 0.25) is 0 Å². The SMILES string of the molecule is O=C(NC(CO)Cc1ccccc1)c1ccc(CNS(=O)(=O)c2ccc3ccccc3c2)cc1. The first-order valence-electron chi connectivity index (χ1n) is 11.0. The summed E-state index contributed by atoms with van der Waals surface area (Å²) in [6.45, 7) is -0.0698. The first kappa shape index (κ1) is 23.6. The molecule has 0 fully saturated rings. The Balaban J connectivity index is 1.36. The van der Waals surface area contributed by atoms with E-state index in [-0.39, 0.29) is 24.0 Å². The van der Waals surface area contributed by atoms with E-state index in [1.807, 2.05) is 54.6 Å². The lowest BCUT2D eigenvalue weighted by molar-refractivity contribution is 0.0916. The van der Waals surface area contributed by atoms with Crippen molar-refractivity contribution in [1.82, 2.24) is 10.0 Å². The predicted molar refractivity (Wildman–Crippen MR) is 133 cm³/mol. The van der Waals surface area contributed by atoms with Crippen molar-refractivity contribution < 1.29 is 18.3 Å². The van der Waals surface area contributed by atoms with Crippen LogP contribution in [-0.4, -0.2) is 32.1 Å². The van der Waals surface area contributed by atoms with E-state index in [0.717, 1.165) is 21.9 Å². The lowest BCUT2D eigenvalue weighted by atomic mass is 10.1. The minimum Gasteiger partial charge on any atom is -0.394 e. The van der Waals surface area contributed by atoms with E-state index in [4.69, 9.17) is 0 Å². The Morgan fingerprint density at radius 1 is 0.794 bits per heavy atom. The van der Waals surface area contributed by atoms with Crippen molar-refractivity contribution in [2.75, 3.05) is 6.61 Å². The summed E-state index contributed by atoms with van der Waals surface area (Å²) in [6.07, 6.45) is 0.526. The van der Waals surface area contributed by atoms with E-state index in [2.05, 4.69) is 10.0 Å². The number of amides is 1. The van der Waals surface area contributed by atoms with E-state index in [0.29, 0.717) is 12.0 Å². The van der Waals surface area contributed by atoms with Crippen LogP contribution in [0.15, 0.2) is 102 Å². The molecule has 7 heteroatoms. The largest absolute Gasteiger partial charge is 0.394 e. The Morgan fingerprint density at radius 2 is 1.47 bits per heavy atom. The monoisotopic (exact) mass is 474 g/mol. The summed E-state index contributed by atoms with van der Waals surface area (Å²) < 4.78 is 28.1. The average molecular weight is 475 g/mol. The van der Waals surface area contributed by atoms with Crippen LogP contribution in [0.1, 0.15) is 21.5 Å². The van der Waals surface area contributed by atoms with Crippen molar-refractivity contribution in [3.63, 3.8) is 0 Å². The molecule has 34 heavy (non-hydrogen) atoms. The van der Waals surface area contributed by atoms with Crippen LogP contribution in [0.4, 0.5) is 0 Å². The minimum absolute atomic E-state index is 0.102. The minimum atomic E-state index is -3.68. The van der Waals surface area contributed by atoms with E-state index in [1.165, 1.54) is 0 Å². The molecule has 4 aromatic rings. The highest BCUT2D eigenvalue weighted by Gasteiger charge is 2.16. The Hall–Kier alpha value is -3.52. The quantitative estimate of drug-likeness (QED) is 0.345. The van der Waals surface area contributed by atoms with Gasteiger partial charge in [-0.2, -0.15) is 0 Å². The molecule has 0 aromatic heterocycles. The van der Waals surface area contributed by atoms with Crippen molar-refractivity contribution in [2.24, 2.45) is 0 Å². The van der Waals surface area contributed by atoms with Crippen LogP contribution >= 0.6 is 0 Å². The van der Waals surface area contributed by atoms with Crippen LogP contribution in [0.3, 0.4) is 0 Å². The van der Waals surface area contributed by atoms with Gasteiger partial charge in [-0.1, -0.05) is 72.8 Å². The van der Waals surface area contributed by atoms with Gasteiger partial charge in [-0.05, 0) is 52.6 Å². The molecule has 174 valence electrons. The number of aliphatic hydroxyl groups excluding tert-OH is 1. The van der Waals surface area contributed by atoms with Gasteiger partial charge in [0.25, 0.3) is 5.91 Å². The maximum absolute atomic E-state index is 12.7. The second kappa shape index (κ2) is 10.6. The number of nitrogens with one attached hydrogen (secondary N) is 2. The molecule has 4 aromatic carbocycles. The summed E-state index contributed by atoms with van der Waals surface area (Å²) in [4.78, 5) is 12.8.